The molecule has 1 aliphatic heterocycles. The summed E-state index contributed by atoms with van der Waals surface area (Å²) in [5.74, 6) is 1.92. The summed E-state index contributed by atoms with van der Waals surface area (Å²) in [5.41, 5.74) is 2.16. The molecule has 0 radical (unpaired) electrons. The SMILES string of the molecule is Cc1cccc(-c2nc(CN3CCC[C@@H](Cn4cncn4)C3)no2)c1. The first-order valence-corrected chi connectivity index (χ1v) is 8.70. The van der Waals surface area contributed by atoms with E-state index in [4.69, 9.17) is 4.52 Å². The quantitative estimate of drug-likeness (QED) is 0.712. The highest BCUT2D eigenvalue weighted by molar-refractivity contribution is 5.53. The molecule has 0 unspecified atom stereocenters. The first kappa shape index (κ1) is 16.0. The molecule has 7 nitrogen and oxygen atoms in total. The second-order valence-corrected chi connectivity index (χ2v) is 6.75. The number of benzene rings is 1. The summed E-state index contributed by atoms with van der Waals surface area (Å²) in [7, 11) is 0. The molecule has 0 bridgehead atoms. The van der Waals surface area contributed by atoms with Gasteiger partial charge >= 0.3 is 0 Å². The van der Waals surface area contributed by atoms with E-state index >= 15 is 0 Å². The summed E-state index contributed by atoms with van der Waals surface area (Å²) in [5, 5.41) is 8.37. The Morgan fingerprint density at radius 1 is 1.32 bits per heavy atom. The van der Waals surface area contributed by atoms with Crippen molar-refractivity contribution in [3.05, 3.63) is 48.3 Å². The molecule has 0 spiro atoms. The maximum atomic E-state index is 5.45. The highest BCUT2D eigenvalue weighted by Gasteiger charge is 2.22. The lowest BCUT2D eigenvalue weighted by molar-refractivity contribution is 0.149. The summed E-state index contributed by atoms with van der Waals surface area (Å²) in [6.07, 6.45) is 5.78. The maximum Gasteiger partial charge on any atom is 0.257 e. The lowest BCUT2D eigenvalue weighted by Gasteiger charge is -2.31. The molecule has 130 valence electrons. The van der Waals surface area contributed by atoms with Crippen LogP contribution in [0.3, 0.4) is 0 Å². The molecular weight excluding hydrogens is 316 g/mol. The van der Waals surface area contributed by atoms with Crippen LogP contribution < -0.4 is 0 Å². The molecule has 2 aromatic heterocycles. The standard InChI is InChI=1S/C18H22N6O/c1-14-4-2-6-16(8-14)18-21-17(22-25-18)11-23-7-3-5-15(9-23)10-24-13-19-12-20-24/h2,4,6,8,12-13,15H,3,5,7,9-11H2,1H3/t15-/m1/s1. The lowest BCUT2D eigenvalue weighted by Crippen LogP contribution is -2.36. The predicted molar refractivity (Wildman–Crippen MR) is 92.5 cm³/mol. The fourth-order valence-corrected chi connectivity index (χ4v) is 3.45. The van der Waals surface area contributed by atoms with Crippen molar-refractivity contribution >= 4 is 0 Å². The molecule has 3 heterocycles. The molecule has 0 N–H and O–H groups in total. The van der Waals surface area contributed by atoms with Crippen LogP contribution in [0.25, 0.3) is 11.5 Å². The molecule has 1 saturated heterocycles. The molecule has 4 rings (SSSR count). The molecule has 25 heavy (non-hydrogen) atoms. The van der Waals surface area contributed by atoms with E-state index in [0.717, 1.165) is 37.6 Å². The highest BCUT2D eigenvalue weighted by Crippen LogP contribution is 2.21. The van der Waals surface area contributed by atoms with Crippen molar-refractivity contribution < 1.29 is 4.52 Å². The topological polar surface area (TPSA) is 72.9 Å². The maximum absolute atomic E-state index is 5.45. The first-order valence-electron chi connectivity index (χ1n) is 8.70. The van der Waals surface area contributed by atoms with Crippen LogP contribution in [0.15, 0.2) is 41.4 Å². The Bertz CT molecular complexity index is 813. The number of piperidine rings is 1. The van der Waals surface area contributed by atoms with E-state index in [1.165, 1.54) is 18.4 Å². The van der Waals surface area contributed by atoms with Gasteiger partial charge in [0.1, 0.15) is 12.7 Å². The summed E-state index contributed by atoms with van der Waals surface area (Å²) < 4.78 is 7.36. The van der Waals surface area contributed by atoms with Crippen LogP contribution in [0.4, 0.5) is 0 Å². The molecular formula is C18H22N6O. The van der Waals surface area contributed by atoms with Crippen LogP contribution in [-0.4, -0.2) is 42.9 Å². The second-order valence-electron chi connectivity index (χ2n) is 6.75. The number of hydrogen-bond acceptors (Lipinski definition) is 6. The largest absolute Gasteiger partial charge is 0.334 e. The third-order valence-corrected chi connectivity index (χ3v) is 4.61. The summed E-state index contributed by atoms with van der Waals surface area (Å²) in [6, 6.07) is 8.13. The fraction of sp³-hybridized carbons (Fsp3) is 0.444. The van der Waals surface area contributed by atoms with Gasteiger partial charge in [-0.3, -0.25) is 9.58 Å². The third kappa shape index (κ3) is 3.93. The normalized spacial score (nSPS) is 18.5. The van der Waals surface area contributed by atoms with Crippen molar-refractivity contribution in [2.24, 2.45) is 5.92 Å². The van der Waals surface area contributed by atoms with Gasteiger partial charge in [0.15, 0.2) is 5.82 Å². The third-order valence-electron chi connectivity index (χ3n) is 4.61. The van der Waals surface area contributed by atoms with E-state index in [9.17, 15) is 0 Å². The second kappa shape index (κ2) is 7.14. The van der Waals surface area contributed by atoms with Gasteiger partial charge in [-0.2, -0.15) is 10.1 Å². The van der Waals surface area contributed by atoms with Crippen LogP contribution in [0, 0.1) is 12.8 Å². The van der Waals surface area contributed by atoms with Gasteiger partial charge in [0.2, 0.25) is 0 Å². The summed E-state index contributed by atoms with van der Waals surface area (Å²) >= 11 is 0. The van der Waals surface area contributed by atoms with Gasteiger partial charge in [-0.15, -0.1) is 0 Å². The van der Waals surface area contributed by atoms with Crippen LogP contribution in [0.2, 0.25) is 0 Å². The van der Waals surface area contributed by atoms with Gasteiger partial charge in [-0.05, 0) is 44.4 Å². The van der Waals surface area contributed by atoms with Gasteiger partial charge in [-0.25, -0.2) is 4.98 Å². The van der Waals surface area contributed by atoms with Crippen LogP contribution >= 0.6 is 0 Å². The number of aromatic nitrogens is 5. The minimum atomic E-state index is 0.582. The van der Waals surface area contributed by atoms with E-state index in [2.05, 4.69) is 44.2 Å². The van der Waals surface area contributed by atoms with E-state index in [-0.39, 0.29) is 0 Å². The van der Waals surface area contributed by atoms with Crippen molar-refractivity contribution in [3.8, 4) is 11.5 Å². The first-order chi connectivity index (χ1) is 12.3. The lowest BCUT2D eigenvalue weighted by atomic mass is 9.98. The van der Waals surface area contributed by atoms with Crippen molar-refractivity contribution in [1.29, 1.82) is 0 Å². The Hall–Kier alpha value is -2.54. The molecule has 3 aromatic rings. The van der Waals surface area contributed by atoms with Crippen molar-refractivity contribution in [1.82, 2.24) is 29.8 Å². The van der Waals surface area contributed by atoms with Gasteiger partial charge in [0, 0.05) is 18.7 Å². The minimum Gasteiger partial charge on any atom is -0.334 e. The van der Waals surface area contributed by atoms with E-state index in [1.54, 1.807) is 12.7 Å². The number of rotatable bonds is 5. The Morgan fingerprint density at radius 3 is 3.12 bits per heavy atom. The molecule has 0 amide bonds. The zero-order valence-corrected chi connectivity index (χ0v) is 14.4. The van der Waals surface area contributed by atoms with Crippen molar-refractivity contribution in [2.45, 2.75) is 32.9 Å². The van der Waals surface area contributed by atoms with Gasteiger partial charge in [-0.1, -0.05) is 22.9 Å². The molecule has 1 aromatic carbocycles. The van der Waals surface area contributed by atoms with Crippen molar-refractivity contribution in [3.63, 3.8) is 0 Å². The molecule has 1 fully saturated rings. The van der Waals surface area contributed by atoms with E-state index in [1.807, 2.05) is 16.8 Å². The number of hydrogen-bond donors (Lipinski definition) is 0. The Morgan fingerprint density at radius 2 is 2.28 bits per heavy atom. The minimum absolute atomic E-state index is 0.582. The van der Waals surface area contributed by atoms with E-state index < -0.39 is 0 Å². The van der Waals surface area contributed by atoms with Crippen LogP contribution in [0.1, 0.15) is 24.2 Å². The van der Waals surface area contributed by atoms with Crippen LogP contribution in [0.5, 0.6) is 0 Å². The number of likely N-dealkylation sites (tertiary alicyclic amines) is 1. The zero-order chi connectivity index (χ0) is 17.1. The average molecular weight is 338 g/mol. The monoisotopic (exact) mass is 338 g/mol. The van der Waals surface area contributed by atoms with Crippen molar-refractivity contribution in [2.75, 3.05) is 13.1 Å². The molecule has 7 heteroatoms. The number of aryl methyl sites for hydroxylation is 1. The highest BCUT2D eigenvalue weighted by atomic mass is 16.5. The molecule has 1 aliphatic rings. The predicted octanol–water partition coefficient (Wildman–Crippen LogP) is 2.55. The summed E-state index contributed by atoms with van der Waals surface area (Å²) in [6.45, 7) is 5.79. The van der Waals surface area contributed by atoms with Gasteiger partial charge in [0.05, 0.1) is 6.54 Å². The smallest absolute Gasteiger partial charge is 0.257 e. The Kier molecular flexibility index (Phi) is 4.56. The molecule has 1 atom stereocenters. The average Bonchev–Trinajstić information content (AvgIpc) is 3.27. The van der Waals surface area contributed by atoms with Gasteiger partial charge in [0.25, 0.3) is 5.89 Å². The molecule has 0 aliphatic carbocycles. The zero-order valence-electron chi connectivity index (χ0n) is 14.4. The fourth-order valence-electron chi connectivity index (χ4n) is 3.45. The van der Waals surface area contributed by atoms with Crippen LogP contribution in [-0.2, 0) is 13.1 Å². The Balaban J connectivity index is 1.38. The number of nitrogens with zero attached hydrogens (tertiary/aromatic N) is 6. The molecule has 0 saturated carbocycles. The van der Waals surface area contributed by atoms with Gasteiger partial charge < -0.3 is 4.52 Å². The summed E-state index contributed by atoms with van der Waals surface area (Å²) in [4.78, 5) is 11.0. The Labute approximate surface area is 146 Å². The van der Waals surface area contributed by atoms with E-state index in [0.29, 0.717) is 11.8 Å².